The van der Waals surface area contributed by atoms with Crippen LogP contribution in [0.4, 0.5) is 0 Å². The van der Waals surface area contributed by atoms with Gasteiger partial charge in [0.1, 0.15) is 5.82 Å². The van der Waals surface area contributed by atoms with Gasteiger partial charge in [-0.2, -0.15) is 0 Å². The number of allylic oxidation sites excluding steroid dienone is 1. The zero-order valence-corrected chi connectivity index (χ0v) is 19.6. The molecular weight excluding hydrogens is 442 g/mol. The summed E-state index contributed by atoms with van der Waals surface area (Å²) in [6.07, 6.45) is 6.69. The van der Waals surface area contributed by atoms with E-state index >= 15 is 0 Å². The zero-order chi connectivity index (χ0) is 23.9. The minimum absolute atomic E-state index is 0.140. The molecule has 1 unspecified atom stereocenters. The molecule has 0 bridgehead atoms. The van der Waals surface area contributed by atoms with Gasteiger partial charge in [0.2, 0.25) is 0 Å². The van der Waals surface area contributed by atoms with Crippen LogP contribution in [0.2, 0.25) is 0 Å². The average Bonchev–Trinajstić information content (AvgIpc) is 3.54. The molecule has 0 saturated carbocycles. The fraction of sp³-hybridized carbons (Fsp3) is 0.0645. The Labute approximate surface area is 208 Å². The van der Waals surface area contributed by atoms with Crippen LogP contribution >= 0.6 is 0 Å². The molecule has 0 aliphatic carbocycles. The summed E-state index contributed by atoms with van der Waals surface area (Å²) >= 11 is 0. The van der Waals surface area contributed by atoms with Gasteiger partial charge >= 0.3 is 0 Å². The molecule has 7 rings (SSSR count). The van der Waals surface area contributed by atoms with Crippen molar-refractivity contribution >= 4 is 28.0 Å². The Morgan fingerprint density at radius 2 is 1.25 bits per heavy atom. The molecular formula is C31H23N5. The van der Waals surface area contributed by atoms with Crippen molar-refractivity contribution in [2.75, 3.05) is 0 Å². The highest BCUT2D eigenvalue weighted by molar-refractivity contribution is 6.09. The van der Waals surface area contributed by atoms with Crippen molar-refractivity contribution in [3.63, 3.8) is 0 Å². The van der Waals surface area contributed by atoms with Crippen LogP contribution in [0.15, 0.2) is 120 Å². The van der Waals surface area contributed by atoms with Gasteiger partial charge in [0.05, 0.1) is 11.0 Å². The molecule has 0 radical (unpaired) electrons. The molecule has 3 heterocycles. The Bertz CT molecular complexity index is 1700. The Morgan fingerprint density at radius 1 is 0.611 bits per heavy atom. The van der Waals surface area contributed by atoms with E-state index < -0.39 is 0 Å². The van der Waals surface area contributed by atoms with Crippen LogP contribution in [0, 0.1) is 0 Å². The van der Waals surface area contributed by atoms with Crippen molar-refractivity contribution < 1.29 is 0 Å². The molecule has 2 aromatic heterocycles. The first-order chi connectivity index (χ1) is 17.9. The molecule has 0 N–H and O–H groups in total. The second-order valence-corrected chi connectivity index (χ2v) is 8.98. The maximum atomic E-state index is 4.66. The fourth-order valence-corrected chi connectivity index (χ4v) is 5.17. The highest BCUT2D eigenvalue weighted by Crippen LogP contribution is 2.33. The van der Waals surface area contributed by atoms with E-state index in [-0.39, 0.29) is 5.92 Å². The summed E-state index contributed by atoms with van der Waals surface area (Å²) in [5, 5.41) is 11.8. The first-order valence-corrected chi connectivity index (χ1v) is 12.2. The van der Waals surface area contributed by atoms with Gasteiger partial charge in [-0.3, -0.25) is 9.56 Å². The van der Waals surface area contributed by atoms with Crippen LogP contribution < -0.4 is 0 Å². The first-order valence-electron chi connectivity index (χ1n) is 12.2. The van der Waals surface area contributed by atoms with Crippen molar-refractivity contribution in [2.45, 2.75) is 12.3 Å². The molecule has 0 amide bonds. The molecule has 0 spiro atoms. The average molecular weight is 466 g/mol. The lowest BCUT2D eigenvalue weighted by molar-refractivity contribution is 0.765. The van der Waals surface area contributed by atoms with Gasteiger partial charge in [0, 0.05) is 46.0 Å². The number of aliphatic imine (C=N–C) groups is 1. The molecule has 172 valence electrons. The second kappa shape index (κ2) is 8.47. The number of fused-ring (bicyclic) bond motifs is 3. The second-order valence-electron chi connectivity index (χ2n) is 8.98. The highest BCUT2D eigenvalue weighted by Gasteiger charge is 2.22. The number of para-hydroxylation sites is 3. The van der Waals surface area contributed by atoms with Crippen LogP contribution in [0.5, 0.6) is 0 Å². The standard InChI is InChI=1S/C31H23N5/c1-2-8-24(9-3-1)36-30(33-34-31(36)23-18-20-32-21-19-23)22-14-16-25(17-15-22)35-28-12-6-4-10-26(28)27-11-5-7-13-29(27)35/h1-18,20-21,23H,19H2. The molecule has 4 aromatic carbocycles. The Hall–Kier alpha value is -4.77. The van der Waals surface area contributed by atoms with E-state index in [0.717, 1.165) is 35.0 Å². The fourth-order valence-electron chi connectivity index (χ4n) is 5.17. The van der Waals surface area contributed by atoms with Crippen molar-refractivity contribution in [1.29, 1.82) is 0 Å². The Morgan fingerprint density at radius 3 is 1.92 bits per heavy atom. The van der Waals surface area contributed by atoms with Crippen LogP contribution in [0.3, 0.4) is 0 Å². The highest BCUT2D eigenvalue weighted by atomic mass is 15.3. The number of rotatable bonds is 4. The van der Waals surface area contributed by atoms with Crippen molar-refractivity contribution in [3.8, 4) is 22.8 Å². The van der Waals surface area contributed by atoms with Gasteiger partial charge in [-0.15, -0.1) is 10.2 Å². The minimum atomic E-state index is 0.140. The largest absolute Gasteiger partial charge is 0.309 e. The monoisotopic (exact) mass is 465 g/mol. The SMILES string of the molecule is C1=CC(c2nnc(-c3ccc(-n4c5ccccc5c5ccccc54)cc3)n2-c2ccccc2)CC=N1. The normalized spacial score (nSPS) is 15.2. The summed E-state index contributed by atoms with van der Waals surface area (Å²) < 4.78 is 4.50. The van der Waals surface area contributed by atoms with E-state index in [1.54, 1.807) is 0 Å². The molecule has 1 aliphatic heterocycles. The molecule has 1 atom stereocenters. The Balaban J connectivity index is 1.36. The number of nitrogens with zero attached hydrogens (tertiary/aromatic N) is 5. The van der Waals surface area contributed by atoms with Crippen LogP contribution in [0.1, 0.15) is 18.2 Å². The van der Waals surface area contributed by atoms with Crippen molar-refractivity contribution in [2.24, 2.45) is 4.99 Å². The molecule has 36 heavy (non-hydrogen) atoms. The van der Waals surface area contributed by atoms with Crippen LogP contribution in [0.25, 0.3) is 44.6 Å². The number of benzene rings is 4. The lowest BCUT2D eigenvalue weighted by atomic mass is 10.0. The van der Waals surface area contributed by atoms with E-state index in [2.05, 4.69) is 115 Å². The summed E-state index contributed by atoms with van der Waals surface area (Å²) in [7, 11) is 0. The predicted molar refractivity (Wildman–Crippen MR) is 146 cm³/mol. The molecule has 0 fully saturated rings. The van der Waals surface area contributed by atoms with Gasteiger partial charge in [0.15, 0.2) is 5.82 Å². The third-order valence-electron chi connectivity index (χ3n) is 6.87. The summed E-state index contributed by atoms with van der Waals surface area (Å²) in [6, 6.07) is 36.1. The predicted octanol–water partition coefficient (Wildman–Crippen LogP) is 7.10. The van der Waals surface area contributed by atoms with Gasteiger partial charge in [0.25, 0.3) is 0 Å². The first kappa shape index (κ1) is 20.6. The maximum Gasteiger partial charge on any atom is 0.168 e. The number of hydrogen-bond donors (Lipinski definition) is 0. The van der Waals surface area contributed by atoms with E-state index in [4.69, 9.17) is 0 Å². The van der Waals surface area contributed by atoms with Gasteiger partial charge < -0.3 is 4.57 Å². The topological polar surface area (TPSA) is 48.0 Å². The summed E-state index contributed by atoms with van der Waals surface area (Å²) in [4.78, 5) is 4.23. The van der Waals surface area contributed by atoms with E-state index in [9.17, 15) is 0 Å². The zero-order valence-electron chi connectivity index (χ0n) is 19.6. The maximum absolute atomic E-state index is 4.66. The molecule has 6 aromatic rings. The van der Waals surface area contributed by atoms with Crippen molar-refractivity contribution in [1.82, 2.24) is 19.3 Å². The van der Waals surface area contributed by atoms with Gasteiger partial charge in [-0.05, 0) is 55.0 Å². The van der Waals surface area contributed by atoms with E-state index in [1.165, 1.54) is 21.8 Å². The smallest absolute Gasteiger partial charge is 0.168 e. The third-order valence-corrected chi connectivity index (χ3v) is 6.87. The molecule has 5 nitrogen and oxygen atoms in total. The summed E-state index contributed by atoms with van der Waals surface area (Å²) in [5.41, 5.74) is 5.60. The van der Waals surface area contributed by atoms with Gasteiger partial charge in [-0.25, -0.2) is 0 Å². The Kier molecular flexibility index (Phi) is 4.84. The van der Waals surface area contributed by atoms with Crippen LogP contribution in [-0.2, 0) is 0 Å². The molecule has 0 saturated heterocycles. The lowest BCUT2D eigenvalue weighted by Gasteiger charge is -2.16. The quantitative estimate of drug-likeness (QED) is 0.279. The van der Waals surface area contributed by atoms with Crippen molar-refractivity contribution in [3.05, 3.63) is 121 Å². The van der Waals surface area contributed by atoms with Crippen LogP contribution in [-0.4, -0.2) is 25.5 Å². The lowest BCUT2D eigenvalue weighted by Crippen LogP contribution is -2.09. The minimum Gasteiger partial charge on any atom is -0.309 e. The number of aromatic nitrogens is 4. The summed E-state index contributed by atoms with van der Waals surface area (Å²) in [5.74, 6) is 1.90. The number of hydrogen-bond acceptors (Lipinski definition) is 3. The van der Waals surface area contributed by atoms with Gasteiger partial charge in [-0.1, -0.05) is 60.7 Å². The van der Waals surface area contributed by atoms with E-state index in [0.29, 0.717) is 0 Å². The van der Waals surface area contributed by atoms with E-state index in [1.807, 2.05) is 30.6 Å². The third kappa shape index (κ3) is 3.28. The molecule has 1 aliphatic rings. The molecule has 5 heteroatoms. The summed E-state index contributed by atoms with van der Waals surface area (Å²) in [6.45, 7) is 0.